The van der Waals surface area contributed by atoms with Crippen molar-refractivity contribution in [3.8, 4) is 0 Å². The number of rotatable bonds is 6. The van der Waals surface area contributed by atoms with E-state index in [1.54, 1.807) is 4.57 Å². The number of fused-ring (bicyclic) bond motifs is 1. The fourth-order valence-electron chi connectivity index (χ4n) is 2.30. The topological polar surface area (TPSA) is 17.0 Å². The Kier molecular flexibility index (Phi) is 4.70. The highest BCUT2D eigenvalue weighted by atomic mass is 19.4. The maximum atomic E-state index is 12.4. The predicted octanol–water partition coefficient (Wildman–Crippen LogP) is 4.09. The van der Waals surface area contributed by atoms with Crippen molar-refractivity contribution in [2.45, 2.75) is 39.0 Å². The van der Waals surface area contributed by atoms with E-state index in [9.17, 15) is 13.2 Å². The molecule has 1 aromatic carbocycles. The molecule has 2 aromatic rings. The number of aryl methyl sites for hydroxylation is 1. The number of hydrogen-bond acceptors (Lipinski definition) is 1. The van der Waals surface area contributed by atoms with Gasteiger partial charge in [-0.15, -0.1) is 0 Å². The van der Waals surface area contributed by atoms with E-state index in [0.29, 0.717) is 6.54 Å². The highest BCUT2D eigenvalue weighted by molar-refractivity contribution is 5.83. The monoisotopic (exact) mass is 284 g/mol. The minimum atomic E-state index is -4.12. The zero-order valence-electron chi connectivity index (χ0n) is 11.5. The van der Waals surface area contributed by atoms with Gasteiger partial charge in [0.15, 0.2) is 0 Å². The van der Waals surface area contributed by atoms with Crippen LogP contribution < -0.4 is 5.32 Å². The lowest BCUT2D eigenvalue weighted by Gasteiger charge is -2.08. The van der Waals surface area contributed by atoms with Gasteiger partial charge in [0.25, 0.3) is 0 Å². The van der Waals surface area contributed by atoms with E-state index >= 15 is 0 Å². The summed E-state index contributed by atoms with van der Waals surface area (Å²) in [5, 5.41) is 4.32. The van der Waals surface area contributed by atoms with Crippen LogP contribution in [-0.4, -0.2) is 17.3 Å². The molecule has 0 aliphatic rings. The van der Waals surface area contributed by atoms with Crippen molar-refractivity contribution in [2.75, 3.05) is 6.54 Å². The van der Waals surface area contributed by atoms with Gasteiger partial charge in [-0.3, -0.25) is 0 Å². The second-order valence-electron chi connectivity index (χ2n) is 4.91. The van der Waals surface area contributed by atoms with E-state index in [2.05, 4.69) is 12.2 Å². The fraction of sp³-hybridized carbons (Fsp3) is 0.467. The SMILES string of the molecule is CCCNCc1cn(CCC(F)(F)F)c2ccccc12. The van der Waals surface area contributed by atoms with Crippen LogP contribution in [0.2, 0.25) is 0 Å². The van der Waals surface area contributed by atoms with Crippen molar-refractivity contribution in [3.05, 3.63) is 36.0 Å². The van der Waals surface area contributed by atoms with E-state index in [-0.39, 0.29) is 6.54 Å². The van der Waals surface area contributed by atoms with Gasteiger partial charge in [-0.25, -0.2) is 0 Å². The third-order valence-corrected chi connectivity index (χ3v) is 3.25. The summed E-state index contributed by atoms with van der Waals surface area (Å²) in [4.78, 5) is 0. The van der Waals surface area contributed by atoms with Crippen LogP contribution in [0.15, 0.2) is 30.5 Å². The Morgan fingerprint density at radius 3 is 2.65 bits per heavy atom. The second kappa shape index (κ2) is 6.31. The van der Waals surface area contributed by atoms with E-state index in [1.807, 2.05) is 30.5 Å². The summed E-state index contributed by atoms with van der Waals surface area (Å²) >= 11 is 0. The van der Waals surface area contributed by atoms with Crippen molar-refractivity contribution in [1.82, 2.24) is 9.88 Å². The average Bonchev–Trinajstić information content (AvgIpc) is 2.75. The smallest absolute Gasteiger partial charge is 0.347 e. The van der Waals surface area contributed by atoms with E-state index < -0.39 is 12.6 Å². The van der Waals surface area contributed by atoms with Crippen molar-refractivity contribution < 1.29 is 13.2 Å². The molecule has 2 nitrogen and oxygen atoms in total. The van der Waals surface area contributed by atoms with Crippen molar-refractivity contribution in [2.24, 2.45) is 0 Å². The standard InChI is InChI=1S/C15H19F3N2/c1-2-8-19-10-12-11-20(9-7-15(16,17)18)14-6-4-3-5-13(12)14/h3-6,11,19H,2,7-10H2,1H3. The van der Waals surface area contributed by atoms with Crippen LogP contribution >= 0.6 is 0 Å². The van der Waals surface area contributed by atoms with Gasteiger partial charge in [0, 0.05) is 30.2 Å². The first-order valence-electron chi connectivity index (χ1n) is 6.85. The third kappa shape index (κ3) is 3.76. The Bertz CT molecular complexity index is 558. The highest BCUT2D eigenvalue weighted by Crippen LogP contribution is 2.25. The number of aromatic nitrogens is 1. The van der Waals surface area contributed by atoms with Crippen LogP contribution in [-0.2, 0) is 13.1 Å². The summed E-state index contributed by atoms with van der Waals surface area (Å²) in [6.07, 6.45) is -2.05. The zero-order chi connectivity index (χ0) is 14.6. The number of halogens is 3. The first-order valence-corrected chi connectivity index (χ1v) is 6.85. The largest absolute Gasteiger partial charge is 0.390 e. The van der Waals surface area contributed by atoms with Gasteiger partial charge >= 0.3 is 6.18 Å². The molecule has 20 heavy (non-hydrogen) atoms. The molecule has 0 saturated heterocycles. The van der Waals surface area contributed by atoms with E-state index in [4.69, 9.17) is 0 Å². The number of para-hydroxylation sites is 1. The third-order valence-electron chi connectivity index (χ3n) is 3.25. The molecule has 0 bridgehead atoms. The Morgan fingerprint density at radius 2 is 1.95 bits per heavy atom. The van der Waals surface area contributed by atoms with Gasteiger partial charge in [0.1, 0.15) is 0 Å². The molecule has 0 radical (unpaired) electrons. The molecule has 1 heterocycles. The quantitative estimate of drug-likeness (QED) is 0.790. The molecule has 5 heteroatoms. The molecule has 1 N–H and O–H groups in total. The molecule has 0 unspecified atom stereocenters. The van der Waals surface area contributed by atoms with Crippen LogP contribution in [0.1, 0.15) is 25.3 Å². The summed E-state index contributed by atoms with van der Waals surface area (Å²) in [6, 6.07) is 7.60. The number of nitrogens with one attached hydrogen (secondary N) is 1. The van der Waals surface area contributed by atoms with E-state index in [0.717, 1.165) is 29.4 Å². The lowest BCUT2D eigenvalue weighted by molar-refractivity contribution is -0.136. The van der Waals surface area contributed by atoms with E-state index in [1.165, 1.54) is 0 Å². The summed E-state index contributed by atoms with van der Waals surface area (Å²) in [6.45, 7) is 3.65. The first-order chi connectivity index (χ1) is 9.51. The van der Waals surface area contributed by atoms with Gasteiger partial charge in [0.2, 0.25) is 0 Å². The summed E-state index contributed by atoms with van der Waals surface area (Å²) in [5.41, 5.74) is 1.92. The molecule has 1 aromatic heterocycles. The number of hydrogen-bond donors (Lipinski definition) is 1. The van der Waals surface area contributed by atoms with Gasteiger partial charge in [-0.2, -0.15) is 13.2 Å². The van der Waals surface area contributed by atoms with Crippen LogP contribution in [0, 0.1) is 0 Å². The van der Waals surface area contributed by atoms with Gasteiger partial charge in [-0.05, 0) is 24.6 Å². The maximum absolute atomic E-state index is 12.4. The summed E-state index contributed by atoms with van der Waals surface area (Å²) in [7, 11) is 0. The van der Waals surface area contributed by atoms with Crippen LogP contribution in [0.4, 0.5) is 13.2 Å². The number of alkyl halides is 3. The Labute approximate surface area is 116 Å². The summed E-state index contributed by atoms with van der Waals surface area (Å²) < 4.78 is 38.8. The molecular formula is C15H19F3N2. The van der Waals surface area contributed by atoms with Gasteiger partial charge < -0.3 is 9.88 Å². The first kappa shape index (κ1) is 14.9. The normalized spacial score (nSPS) is 12.2. The number of benzene rings is 1. The fourth-order valence-corrected chi connectivity index (χ4v) is 2.30. The van der Waals surface area contributed by atoms with Crippen LogP contribution in [0.5, 0.6) is 0 Å². The molecule has 2 rings (SSSR count). The van der Waals surface area contributed by atoms with Crippen molar-refractivity contribution >= 4 is 10.9 Å². The van der Waals surface area contributed by atoms with Gasteiger partial charge in [0.05, 0.1) is 6.42 Å². The maximum Gasteiger partial charge on any atom is 0.390 e. The second-order valence-corrected chi connectivity index (χ2v) is 4.91. The molecule has 0 aliphatic heterocycles. The minimum absolute atomic E-state index is 0.0300. The van der Waals surface area contributed by atoms with Crippen LogP contribution in [0.25, 0.3) is 10.9 Å². The Balaban J connectivity index is 2.21. The van der Waals surface area contributed by atoms with Crippen molar-refractivity contribution in [3.63, 3.8) is 0 Å². The highest BCUT2D eigenvalue weighted by Gasteiger charge is 2.26. The molecule has 0 amide bonds. The predicted molar refractivity (Wildman–Crippen MR) is 74.6 cm³/mol. The van der Waals surface area contributed by atoms with Gasteiger partial charge in [-0.1, -0.05) is 25.1 Å². The zero-order valence-corrected chi connectivity index (χ0v) is 11.5. The lowest BCUT2D eigenvalue weighted by atomic mass is 10.2. The molecule has 0 saturated carbocycles. The Hall–Kier alpha value is -1.49. The average molecular weight is 284 g/mol. The molecule has 0 fully saturated rings. The molecule has 0 aliphatic carbocycles. The molecule has 0 atom stereocenters. The minimum Gasteiger partial charge on any atom is -0.347 e. The lowest BCUT2D eigenvalue weighted by Crippen LogP contribution is -2.13. The molecule has 0 spiro atoms. The molecule has 110 valence electrons. The molecular weight excluding hydrogens is 265 g/mol. The van der Waals surface area contributed by atoms with Crippen molar-refractivity contribution in [1.29, 1.82) is 0 Å². The Morgan fingerprint density at radius 1 is 1.20 bits per heavy atom. The van der Waals surface area contributed by atoms with Crippen LogP contribution in [0.3, 0.4) is 0 Å². The summed E-state index contributed by atoms with van der Waals surface area (Å²) in [5.74, 6) is 0. The number of nitrogens with zero attached hydrogens (tertiary/aromatic N) is 1.